The normalized spacial score (nSPS) is 19.8. The van der Waals surface area contributed by atoms with E-state index in [1.54, 1.807) is 6.20 Å². The highest BCUT2D eigenvalue weighted by atomic mass is 16.3. The summed E-state index contributed by atoms with van der Waals surface area (Å²) >= 11 is 0. The van der Waals surface area contributed by atoms with Crippen LogP contribution >= 0.6 is 0 Å². The number of nitrogens with zero attached hydrogens (tertiary/aromatic N) is 5. The van der Waals surface area contributed by atoms with Crippen LogP contribution < -0.4 is 10.6 Å². The van der Waals surface area contributed by atoms with Crippen molar-refractivity contribution in [1.82, 2.24) is 19.7 Å². The van der Waals surface area contributed by atoms with Crippen molar-refractivity contribution in [2.75, 3.05) is 23.8 Å². The van der Waals surface area contributed by atoms with E-state index in [-0.39, 0.29) is 6.61 Å². The Morgan fingerprint density at radius 3 is 2.93 bits per heavy atom. The van der Waals surface area contributed by atoms with Crippen LogP contribution in [0.15, 0.2) is 30.5 Å². The first-order valence-electron chi connectivity index (χ1n) is 10.1. The lowest BCUT2D eigenvalue weighted by Crippen LogP contribution is -2.28. The lowest BCUT2D eigenvalue weighted by atomic mass is 9.83. The van der Waals surface area contributed by atoms with Crippen LogP contribution in [0.4, 0.5) is 17.5 Å². The predicted octanol–water partition coefficient (Wildman–Crippen LogP) is 3.05. The maximum Gasteiger partial charge on any atom is 0.228 e. The molecule has 2 aromatic heterocycles. The van der Waals surface area contributed by atoms with E-state index in [4.69, 9.17) is 0 Å². The van der Waals surface area contributed by atoms with E-state index in [0.717, 1.165) is 22.6 Å². The molecule has 30 heavy (non-hydrogen) atoms. The number of aliphatic hydroxyl groups is 1. The molecule has 1 aliphatic carbocycles. The van der Waals surface area contributed by atoms with E-state index < -0.39 is 5.41 Å². The van der Waals surface area contributed by atoms with Gasteiger partial charge in [-0.3, -0.25) is 4.68 Å². The zero-order valence-corrected chi connectivity index (χ0v) is 17.0. The summed E-state index contributed by atoms with van der Waals surface area (Å²) in [4.78, 5) is 8.98. The summed E-state index contributed by atoms with van der Waals surface area (Å²) in [5.41, 5.74) is 4.60. The third-order valence-corrected chi connectivity index (χ3v) is 6.02. The van der Waals surface area contributed by atoms with E-state index in [9.17, 15) is 10.4 Å². The number of aliphatic hydroxyl groups excluding tert-OH is 1. The largest absolute Gasteiger partial charge is 0.395 e. The minimum Gasteiger partial charge on any atom is -0.395 e. The van der Waals surface area contributed by atoms with Crippen molar-refractivity contribution in [3.05, 3.63) is 47.3 Å². The first-order chi connectivity index (χ1) is 14.5. The SMILES string of the molecule is Cn1nc(Nc2nccc(-c3cc(C#N)c4c(c3)C(C)(CO)CN4)n2)cc1C1CC1. The molecule has 0 radical (unpaired) electrons. The summed E-state index contributed by atoms with van der Waals surface area (Å²) < 4.78 is 1.91. The maximum absolute atomic E-state index is 9.91. The Bertz CT molecular complexity index is 1170. The van der Waals surface area contributed by atoms with Crippen LogP contribution in [-0.2, 0) is 12.5 Å². The molecule has 3 N–H and O–H groups in total. The van der Waals surface area contributed by atoms with Gasteiger partial charge in [-0.25, -0.2) is 9.97 Å². The molecule has 3 heterocycles. The third-order valence-electron chi connectivity index (χ3n) is 6.02. The number of benzene rings is 1. The quantitative estimate of drug-likeness (QED) is 0.602. The van der Waals surface area contributed by atoms with Crippen molar-refractivity contribution in [2.24, 2.45) is 7.05 Å². The third kappa shape index (κ3) is 3.08. The van der Waals surface area contributed by atoms with Crippen LogP contribution in [0, 0.1) is 11.3 Å². The summed E-state index contributed by atoms with van der Waals surface area (Å²) in [6.45, 7) is 2.58. The summed E-state index contributed by atoms with van der Waals surface area (Å²) in [7, 11) is 1.95. The molecule has 5 rings (SSSR count). The van der Waals surface area contributed by atoms with Gasteiger partial charge in [0.05, 0.1) is 23.6 Å². The van der Waals surface area contributed by atoms with E-state index in [1.165, 1.54) is 18.5 Å². The Hall–Kier alpha value is -3.44. The molecule has 0 spiro atoms. The molecule has 8 nitrogen and oxygen atoms in total. The zero-order chi connectivity index (χ0) is 20.9. The molecule has 1 aliphatic heterocycles. The van der Waals surface area contributed by atoms with E-state index in [2.05, 4.69) is 37.8 Å². The maximum atomic E-state index is 9.91. The molecule has 3 aromatic rings. The number of nitrogens with one attached hydrogen (secondary N) is 2. The lowest BCUT2D eigenvalue weighted by Gasteiger charge is -2.21. The van der Waals surface area contributed by atoms with Gasteiger partial charge in [0.1, 0.15) is 6.07 Å². The minimum absolute atomic E-state index is 0.000898. The molecule has 1 saturated carbocycles. The monoisotopic (exact) mass is 401 g/mol. The molecule has 0 amide bonds. The number of aromatic nitrogens is 4. The number of anilines is 3. The average molecular weight is 401 g/mol. The van der Waals surface area contributed by atoms with Crippen LogP contribution in [0.25, 0.3) is 11.3 Å². The number of rotatable bonds is 5. The summed E-state index contributed by atoms with van der Waals surface area (Å²) in [6, 6.07) is 9.97. The molecule has 152 valence electrons. The Morgan fingerprint density at radius 1 is 1.37 bits per heavy atom. The van der Waals surface area contributed by atoms with Crippen LogP contribution in [0.1, 0.15) is 42.5 Å². The topological polar surface area (TPSA) is 112 Å². The standard InChI is InChI=1S/C22H23N7O/c1-22(12-30)11-25-20-15(10-23)7-14(8-16(20)22)17-5-6-24-21(26-17)27-19-9-18(13-3-4-13)29(2)28-19/h5-9,13,25,30H,3-4,11-12H2,1-2H3,(H,24,26,27,28). The van der Waals surface area contributed by atoms with Crippen LogP contribution in [-0.4, -0.2) is 38.0 Å². The van der Waals surface area contributed by atoms with Gasteiger partial charge in [-0.1, -0.05) is 6.92 Å². The number of aryl methyl sites for hydroxylation is 1. The van der Waals surface area contributed by atoms with Crippen LogP contribution in [0.5, 0.6) is 0 Å². The molecular weight excluding hydrogens is 378 g/mol. The van der Waals surface area contributed by atoms with Gasteiger partial charge in [-0.15, -0.1) is 0 Å². The Morgan fingerprint density at radius 2 is 2.20 bits per heavy atom. The molecule has 1 aromatic carbocycles. The van der Waals surface area contributed by atoms with Gasteiger partial charge in [0, 0.05) is 48.4 Å². The second-order valence-electron chi connectivity index (χ2n) is 8.37. The molecule has 0 bridgehead atoms. The van der Waals surface area contributed by atoms with Gasteiger partial charge >= 0.3 is 0 Å². The fraction of sp³-hybridized carbons (Fsp3) is 0.364. The van der Waals surface area contributed by atoms with Crippen molar-refractivity contribution in [3.8, 4) is 17.3 Å². The van der Waals surface area contributed by atoms with Crippen LogP contribution in [0.2, 0.25) is 0 Å². The Kier molecular flexibility index (Phi) is 4.22. The minimum atomic E-state index is -0.432. The van der Waals surface area contributed by atoms with Gasteiger partial charge in [0.25, 0.3) is 0 Å². The second kappa shape index (κ2) is 6.82. The number of hydrogen-bond acceptors (Lipinski definition) is 7. The highest BCUT2D eigenvalue weighted by Crippen LogP contribution is 2.42. The molecule has 2 aliphatic rings. The van der Waals surface area contributed by atoms with Crippen molar-refractivity contribution in [2.45, 2.75) is 31.1 Å². The van der Waals surface area contributed by atoms with Gasteiger partial charge in [-0.05, 0) is 36.6 Å². The van der Waals surface area contributed by atoms with Gasteiger partial charge in [-0.2, -0.15) is 10.4 Å². The Labute approximate surface area is 174 Å². The van der Waals surface area contributed by atoms with Gasteiger partial charge < -0.3 is 15.7 Å². The Balaban J connectivity index is 1.49. The van der Waals surface area contributed by atoms with Crippen molar-refractivity contribution < 1.29 is 5.11 Å². The summed E-state index contributed by atoms with van der Waals surface area (Å²) in [6.07, 6.45) is 4.12. The highest BCUT2D eigenvalue weighted by molar-refractivity contribution is 5.76. The van der Waals surface area contributed by atoms with E-state index >= 15 is 0 Å². The fourth-order valence-electron chi connectivity index (χ4n) is 4.06. The first-order valence-corrected chi connectivity index (χ1v) is 10.1. The average Bonchev–Trinajstić information content (AvgIpc) is 3.46. The first kappa shape index (κ1) is 18.6. The number of fused-ring (bicyclic) bond motifs is 1. The summed E-state index contributed by atoms with van der Waals surface area (Å²) in [5.74, 6) is 1.78. The smallest absolute Gasteiger partial charge is 0.228 e. The van der Waals surface area contributed by atoms with Crippen molar-refractivity contribution >= 4 is 17.5 Å². The van der Waals surface area contributed by atoms with Crippen molar-refractivity contribution in [3.63, 3.8) is 0 Å². The molecule has 1 unspecified atom stereocenters. The molecule has 1 atom stereocenters. The lowest BCUT2D eigenvalue weighted by molar-refractivity contribution is 0.219. The van der Waals surface area contributed by atoms with Gasteiger partial charge in [0.2, 0.25) is 5.95 Å². The van der Waals surface area contributed by atoms with Gasteiger partial charge in [0.15, 0.2) is 5.82 Å². The van der Waals surface area contributed by atoms with Crippen molar-refractivity contribution in [1.29, 1.82) is 5.26 Å². The summed E-state index contributed by atoms with van der Waals surface area (Å²) in [5, 5.41) is 30.5. The predicted molar refractivity (Wildman–Crippen MR) is 114 cm³/mol. The zero-order valence-electron chi connectivity index (χ0n) is 17.0. The molecular formula is C22H23N7O. The highest BCUT2D eigenvalue weighted by Gasteiger charge is 2.36. The van der Waals surface area contributed by atoms with Crippen LogP contribution in [0.3, 0.4) is 0 Å². The number of nitriles is 1. The number of hydrogen-bond donors (Lipinski definition) is 3. The fourth-order valence-corrected chi connectivity index (χ4v) is 4.06. The van der Waals surface area contributed by atoms with E-state index in [0.29, 0.717) is 29.7 Å². The molecule has 8 heteroatoms. The molecule has 1 fully saturated rings. The molecule has 0 saturated heterocycles. The van der Waals surface area contributed by atoms with E-state index in [1.807, 2.05) is 36.9 Å². The second-order valence-corrected chi connectivity index (χ2v) is 8.37.